The fourth-order valence-electron chi connectivity index (χ4n) is 3.77. The molecule has 0 saturated carbocycles. The Hall–Kier alpha value is -2.66. The van der Waals surface area contributed by atoms with Crippen molar-refractivity contribution >= 4 is 5.69 Å². The van der Waals surface area contributed by atoms with E-state index in [1.54, 1.807) is 12.4 Å². The summed E-state index contributed by atoms with van der Waals surface area (Å²) in [6.07, 6.45) is 8.05. The van der Waals surface area contributed by atoms with E-state index >= 15 is 0 Å². The van der Waals surface area contributed by atoms with Crippen molar-refractivity contribution in [2.45, 2.75) is 39.3 Å². The number of likely N-dealkylation sites (tertiary alicyclic amines) is 1. The number of nitrogens with zero attached hydrogens (tertiary/aromatic N) is 4. The smallest absolute Gasteiger partial charge is 0.233 e. The molecule has 1 aliphatic heterocycles. The van der Waals surface area contributed by atoms with Gasteiger partial charge in [-0.05, 0) is 74.7 Å². The molecule has 5 heteroatoms. The summed E-state index contributed by atoms with van der Waals surface area (Å²) >= 11 is 0. The van der Waals surface area contributed by atoms with Gasteiger partial charge in [-0.25, -0.2) is 9.97 Å². The average molecular weight is 361 g/mol. The maximum atomic E-state index is 4.38. The Balaban J connectivity index is 1.42. The van der Waals surface area contributed by atoms with Crippen LogP contribution in [-0.4, -0.2) is 38.6 Å². The van der Waals surface area contributed by atoms with E-state index in [1.807, 2.05) is 12.3 Å². The highest BCUT2D eigenvalue weighted by atomic mass is 15.2. The fourth-order valence-corrected chi connectivity index (χ4v) is 3.77. The Morgan fingerprint density at radius 3 is 2.74 bits per heavy atom. The highest BCUT2D eigenvalue weighted by Gasteiger charge is 2.21. The number of anilines is 1. The zero-order valence-corrected chi connectivity index (χ0v) is 16.1. The van der Waals surface area contributed by atoms with E-state index in [2.05, 4.69) is 68.9 Å². The summed E-state index contributed by atoms with van der Waals surface area (Å²) < 4.78 is 2.08. The molecule has 3 heterocycles. The molecular weight excluding hydrogens is 334 g/mol. The lowest BCUT2D eigenvalue weighted by Crippen LogP contribution is -2.41. The van der Waals surface area contributed by atoms with Gasteiger partial charge < -0.3 is 5.32 Å². The third kappa shape index (κ3) is 4.19. The molecule has 1 N–H and O–H groups in total. The van der Waals surface area contributed by atoms with Crippen LogP contribution in [0.2, 0.25) is 0 Å². The number of hydrogen-bond acceptors (Lipinski definition) is 4. The van der Waals surface area contributed by atoms with Crippen molar-refractivity contribution in [3.8, 4) is 5.95 Å². The van der Waals surface area contributed by atoms with Crippen molar-refractivity contribution in [1.29, 1.82) is 0 Å². The highest BCUT2D eigenvalue weighted by molar-refractivity contribution is 5.48. The largest absolute Gasteiger partial charge is 0.381 e. The summed E-state index contributed by atoms with van der Waals surface area (Å²) in [4.78, 5) is 11.3. The number of rotatable bonds is 5. The van der Waals surface area contributed by atoms with Crippen molar-refractivity contribution in [2.24, 2.45) is 0 Å². The lowest BCUT2D eigenvalue weighted by atomic mass is 10.0. The monoisotopic (exact) mass is 361 g/mol. The second-order valence-electron chi connectivity index (χ2n) is 7.44. The maximum Gasteiger partial charge on any atom is 0.233 e. The molecule has 0 aliphatic carbocycles. The van der Waals surface area contributed by atoms with Crippen LogP contribution in [0.25, 0.3) is 5.95 Å². The third-order valence-corrected chi connectivity index (χ3v) is 5.37. The number of aromatic nitrogens is 3. The first kappa shape index (κ1) is 17.7. The van der Waals surface area contributed by atoms with E-state index in [4.69, 9.17) is 0 Å². The van der Waals surface area contributed by atoms with Crippen molar-refractivity contribution in [2.75, 3.05) is 18.4 Å². The minimum Gasteiger partial charge on any atom is -0.381 e. The van der Waals surface area contributed by atoms with Gasteiger partial charge in [0.05, 0.1) is 0 Å². The lowest BCUT2D eigenvalue weighted by Gasteiger charge is -2.33. The Morgan fingerprint density at radius 1 is 1.07 bits per heavy atom. The Labute approximate surface area is 161 Å². The van der Waals surface area contributed by atoms with Crippen molar-refractivity contribution < 1.29 is 0 Å². The van der Waals surface area contributed by atoms with Crippen LogP contribution in [0.3, 0.4) is 0 Å². The number of nitrogens with one attached hydrogen (secondary N) is 1. The standard InChI is InChI=1S/C22H27N5/c1-17-8-9-19(14-18(17)2)25-20-6-3-12-26(15-20)16-21-7-4-13-27(21)22-23-10-5-11-24-22/h4-5,7-11,13-14,20,25H,3,6,12,15-16H2,1-2H3/t20-/m1/s1. The minimum absolute atomic E-state index is 0.484. The van der Waals surface area contributed by atoms with Gasteiger partial charge in [0, 0.05) is 49.1 Å². The predicted octanol–water partition coefficient (Wildman–Crippen LogP) is 3.96. The van der Waals surface area contributed by atoms with Gasteiger partial charge in [-0.15, -0.1) is 0 Å². The molecule has 1 saturated heterocycles. The molecule has 0 amide bonds. The Kier molecular flexibility index (Phi) is 5.21. The van der Waals surface area contributed by atoms with Crippen LogP contribution in [0.15, 0.2) is 55.0 Å². The van der Waals surface area contributed by atoms with E-state index in [9.17, 15) is 0 Å². The number of benzene rings is 1. The number of hydrogen-bond donors (Lipinski definition) is 1. The molecule has 1 aliphatic rings. The van der Waals surface area contributed by atoms with E-state index < -0.39 is 0 Å². The van der Waals surface area contributed by atoms with Gasteiger partial charge >= 0.3 is 0 Å². The summed E-state index contributed by atoms with van der Waals surface area (Å²) in [6, 6.07) is 13.2. The highest BCUT2D eigenvalue weighted by Crippen LogP contribution is 2.20. The van der Waals surface area contributed by atoms with Gasteiger partial charge in [0.25, 0.3) is 0 Å². The normalized spacial score (nSPS) is 17.8. The molecule has 140 valence electrons. The fraction of sp³-hybridized carbons (Fsp3) is 0.364. The molecule has 1 atom stereocenters. The molecule has 4 rings (SSSR count). The molecule has 0 unspecified atom stereocenters. The molecule has 0 bridgehead atoms. The minimum atomic E-state index is 0.484. The first-order valence-electron chi connectivity index (χ1n) is 9.69. The van der Waals surface area contributed by atoms with Crippen LogP contribution < -0.4 is 5.32 Å². The van der Waals surface area contributed by atoms with Crippen LogP contribution >= 0.6 is 0 Å². The number of aryl methyl sites for hydroxylation is 2. The topological polar surface area (TPSA) is 46.0 Å². The molecule has 1 fully saturated rings. The molecule has 0 radical (unpaired) electrons. The molecule has 5 nitrogen and oxygen atoms in total. The Bertz CT molecular complexity index is 887. The predicted molar refractivity (Wildman–Crippen MR) is 109 cm³/mol. The zero-order chi connectivity index (χ0) is 18.6. The van der Waals surface area contributed by atoms with E-state index in [0.29, 0.717) is 6.04 Å². The SMILES string of the molecule is Cc1ccc(N[C@@H]2CCCN(Cc3cccn3-c3ncccn3)C2)cc1C. The van der Waals surface area contributed by atoms with Gasteiger partial charge in [0.2, 0.25) is 5.95 Å². The van der Waals surface area contributed by atoms with Crippen LogP contribution in [-0.2, 0) is 6.54 Å². The van der Waals surface area contributed by atoms with Crippen molar-refractivity contribution in [3.63, 3.8) is 0 Å². The first-order chi connectivity index (χ1) is 13.2. The van der Waals surface area contributed by atoms with E-state index in [-0.39, 0.29) is 0 Å². The summed E-state index contributed by atoms with van der Waals surface area (Å²) in [5.74, 6) is 0.735. The van der Waals surface area contributed by atoms with Crippen molar-refractivity contribution in [1.82, 2.24) is 19.4 Å². The molecule has 27 heavy (non-hydrogen) atoms. The summed E-state index contributed by atoms with van der Waals surface area (Å²) in [5, 5.41) is 3.73. The molecular formula is C22H27N5. The van der Waals surface area contributed by atoms with Crippen LogP contribution in [0.1, 0.15) is 29.7 Å². The van der Waals surface area contributed by atoms with Gasteiger partial charge in [0.15, 0.2) is 0 Å². The van der Waals surface area contributed by atoms with Gasteiger partial charge in [-0.1, -0.05) is 6.07 Å². The third-order valence-electron chi connectivity index (χ3n) is 5.37. The molecule has 3 aromatic rings. The van der Waals surface area contributed by atoms with Crippen molar-refractivity contribution in [3.05, 3.63) is 71.8 Å². The van der Waals surface area contributed by atoms with Crippen LogP contribution in [0, 0.1) is 13.8 Å². The summed E-state index contributed by atoms with van der Waals surface area (Å²) in [5.41, 5.74) is 5.14. The second kappa shape index (κ2) is 7.92. The van der Waals surface area contributed by atoms with Gasteiger partial charge in [0.1, 0.15) is 0 Å². The summed E-state index contributed by atoms with van der Waals surface area (Å²) in [6.45, 7) is 7.43. The molecule has 1 aromatic carbocycles. The first-order valence-corrected chi connectivity index (χ1v) is 9.69. The second-order valence-corrected chi connectivity index (χ2v) is 7.44. The zero-order valence-electron chi connectivity index (χ0n) is 16.1. The summed E-state index contributed by atoms with van der Waals surface area (Å²) in [7, 11) is 0. The molecule has 2 aromatic heterocycles. The van der Waals surface area contributed by atoms with E-state index in [1.165, 1.54) is 35.3 Å². The van der Waals surface area contributed by atoms with E-state index in [0.717, 1.165) is 25.6 Å². The quantitative estimate of drug-likeness (QED) is 0.747. The Morgan fingerprint density at radius 2 is 1.93 bits per heavy atom. The van der Waals surface area contributed by atoms with Gasteiger partial charge in [-0.2, -0.15) is 0 Å². The average Bonchev–Trinajstić information content (AvgIpc) is 3.14. The maximum absolute atomic E-state index is 4.38. The van der Waals surface area contributed by atoms with Crippen LogP contribution in [0.4, 0.5) is 5.69 Å². The lowest BCUT2D eigenvalue weighted by molar-refractivity contribution is 0.205. The number of piperidine rings is 1. The van der Waals surface area contributed by atoms with Crippen LogP contribution in [0.5, 0.6) is 0 Å². The molecule has 0 spiro atoms. The van der Waals surface area contributed by atoms with Gasteiger partial charge in [-0.3, -0.25) is 9.47 Å².